The van der Waals surface area contributed by atoms with E-state index >= 15 is 0 Å². The van der Waals surface area contributed by atoms with Gasteiger partial charge in [-0.25, -0.2) is 13.1 Å². The van der Waals surface area contributed by atoms with Crippen molar-refractivity contribution in [2.45, 2.75) is 37.6 Å². The van der Waals surface area contributed by atoms with E-state index < -0.39 is 10.0 Å². The first kappa shape index (κ1) is 16.3. The molecule has 1 aromatic rings. The van der Waals surface area contributed by atoms with Gasteiger partial charge in [-0.05, 0) is 48.9 Å². The van der Waals surface area contributed by atoms with Crippen LogP contribution in [0.5, 0.6) is 5.75 Å². The van der Waals surface area contributed by atoms with E-state index in [0.29, 0.717) is 17.6 Å². The van der Waals surface area contributed by atoms with Gasteiger partial charge in [-0.1, -0.05) is 13.8 Å². The molecule has 5 nitrogen and oxygen atoms in total. The summed E-state index contributed by atoms with van der Waals surface area (Å²) in [4.78, 5) is 0.241. The molecule has 3 atom stereocenters. The number of aliphatic hydroxyl groups is 1. The number of sulfonamides is 1. The largest absolute Gasteiger partial charge is 0.491 e. The Morgan fingerprint density at radius 3 is 2.43 bits per heavy atom. The molecular weight excluding hydrogens is 290 g/mol. The maximum atomic E-state index is 12.4. The minimum Gasteiger partial charge on any atom is -0.491 e. The van der Waals surface area contributed by atoms with Crippen molar-refractivity contribution in [1.29, 1.82) is 0 Å². The van der Waals surface area contributed by atoms with E-state index in [9.17, 15) is 8.42 Å². The Labute approximate surface area is 126 Å². The Hall–Kier alpha value is -1.11. The van der Waals surface area contributed by atoms with E-state index in [4.69, 9.17) is 9.84 Å². The van der Waals surface area contributed by atoms with Crippen LogP contribution in [-0.4, -0.2) is 32.8 Å². The van der Waals surface area contributed by atoms with Crippen LogP contribution in [0.4, 0.5) is 0 Å². The fraction of sp³-hybridized carbons (Fsp3) is 0.600. The number of ether oxygens (including phenoxy) is 1. The Morgan fingerprint density at radius 1 is 1.24 bits per heavy atom. The minimum atomic E-state index is -3.49. The highest BCUT2D eigenvalue weighted by atomic mass is 32.2. The third-order valence-electron chi connectivity index (χ3n) is 4.27. The Bertz CT molecular complexity index is 556. The van der Waals surface area contributed by atoms with Gasteiger partial charge in [-0.2, -0.15) is 0 Å². The molecule has 2 N–H and O–H groups in total. The fourth-order valence-corrected chi connectivity index (χ4v) is 4.04. The maximum Gasteiger partial charge on any atom is 0.240 e. The first-order valence-corrected chi connectivity index (χ1v) is 8.78. The summed E-state index contributed by atoms with van der Waals surface area (Å²) in [6.45, 7) is 4.38. The van der Waals surface area contributed by atoms with E-state index in [1.807, 2.05) is 0 Å². The summed E-state index contributed by atoms with van der Waals surface area (Å²) >= 11 is 0. The van der Waals surface area contributed by atoms with Gasteiger partial charge in [-0.3, -0.25) is 0 Å². The average Bonchev–Trinajstić information content (AvgIpc) is 2.77. The summed E-state index contributed by atoms with van der Waals surface area (Å²) in [5, 5.41) is 8.69. The number of benzene rings is 1. The predicted octanol–water partition coefficient (Wildman–Crippen LogP) is 1.77. The van der Waals surface area contributed by atoms with Gasteiger partial charge in [0.25, 0.3) is 0 Å². The van der Waals surface area contributed by atoms with Gasteiger partial charge in [0, 0.05) is 6.04 Å². The van der Waals surface area contributed by atoms with Crippen LogP contribution in [0.25, 0.3) is 0 Å². The standard InChI is InChI=1S/C15H23NO4S/c1-11-3-8-15(12(11)2)16-21(18,19)14-6-4-13(5-7-14)20-10-9-17/h4-7,11-12,15-17H,3,8-10H2,1-2H3. The molecule has 0 saturated heterocycles. The Morgan fingerprint density at radius 2 is 1.90 bits per heavy atom. The van der Waals surface area contributed by atoms with Crippen molar-refractivity contribution in [3.05, 3.63) is 24.3 Å². The van der Waals surface area contributed by atoms with Gasteiger partial charge >= 0.3 is 0 Å². The second-order valence-corrected chi connectivity index (χ2v) is 7.40. The predicted molar refractivity (Wildman–Crippen MR) is 80.7 cm³/mol. The van der Waals surface area contributed by atoms with Crippen molar-refractivity contribution < 1.29 is 18.3 Å². The molecule has 1 aromatic carbocycles. The molecule has 21 heavy (non-hydrogen) atoms. The molecule has 1 aliphatic carbocycles. The molecule has 1 saturated carbocycles. The lowest BCUT2D eigenvalue weighted by molar-refractivity contribution is 0.201. The van der Waals surface area contributed by atoms with Gasteiger partial charge in [-0.15, -0.1) is 0 Å². The van der Waals surface area contributed by atoms with Gasteiger partial charge in [0.1, 0.15) is 12.4 Å². The first-order valence-electron chi connectivity index (χ1n) is 7.30. The molecule has 0 spiro atoms. The van der Waals surface area contributed by atoms with Crippen molar-refractivity contribution in [3.8, 4) is 5.75 Å². The van der Waals surface area contributed by atoms with Gasteiger partial charge in [0.15, 0.2) is 0 Å². The highest BCUT2D eigenvalue weighted by molar-refractivity contribution is 7.89. The second kappa shape index (κ2) is 6.77. The first-order chi connectivity index (χ1) is 9.94. The molecule has 1 fully saturated rings. The molecule has 2 rings (SSSR count). The van der Waals surface area contributed by atoms with E-state index in [2.05, 4.69) is 18.6 Å². The third-order valence-corrected chi connectivity index (χ3v) is 5.77. The van der Waals surface area contributed by atoms with E-state index in [1.54, 1.807) is 12.1 Å². The molecule has 6 heteroatoms. The SMILES string of the molecule is CC1CCC(NS(=O)(=O)c2ccc(OCCO)cc2)C1C. The van der Waals surface area contributed by atoms with Crippen LogP contribution >= 0.6 is 0 Å². The van der Waals surface area contributed by atoms with Crippen molar-refractivity contribution in [1.82, 2.24) is 4.72 Å². The number of hydrogen-bond donors (Lipinski definition) is 2. The van der Waals surface area contributed by atoms with Crippen LogP contribution in [0, 0.1) is 11.8 Å². The molecular formula is C15H23NO4S. The number of nitrogens with one attached hydrogen (secondary N) is 1. The van der Waals surface area contributed by atoms with Gasteiger partial charge in [0.2, 0.25) is 10.0 Å². The summed E-state index contributed by atoms with van der Waals surface area (Å²) in [6, 6.07) is 6.27. The monoisotopic (exact) mass is 313 g/mol. The van der Waals surface area contributed by atoms with Crippen molar-refractivity contribution >= 4 is 10.0 Å². The smallest absolute Gasteiger partial charge is 0.240 e. The molecule has 0 bridgehead atoms. The fourth-order valence-electron chi connectivity index (χ4n) is 2.68. The molecule has 0 amide bonds. The van der Waals surface area contributed by atoms with Gasteiger partial charge < -0.3 is 9.84 Å². The summed E-state index contributed by atoms with van der Waals surface area (Å²) in [7, 11) is -3.49. The van der Waals surface area contributed by atoms with Crippen LogP contribution in [0.15, 0.2) is 29.2 Å². The Kier molecular flexibility index (Phi) is 5.24. The number of aliphatic hydroxyl groups excluding tert-OH is 1. The molecule has 0 radical (unpaired) electrons. The number of hydrogen-bond acceptors (Lipinski definition) is 4. The van der Waals surface area contributed by atoms with E-state index in [0.717, 1.165) is 12.8 Å². The van der Waals surface area contributed by atoms with Crippen LogP contribution in [0.2, 0.25) is 0 Å². The van der Waals surface area contributed by atoms with Crippen molar-refractivity contribution in [2.24, 2.45) is 11.8 Å². The highest BCUT2D eigenvalue weighted by Crippen LogP contribution is 2.32. The molecule has 3 unspecified atom stereocenters. The summed E-state index contributed by atoms with van der Waals surface area (Å²) < 4.78 is 32.8. The van der Waals surface area contributed by atoms with Gasteiger partial charge in [0.05, 0.1) is 11.5 Å². The molecule has 118 valence electrons. The lowest BCUT2D eigenvalue weighted by Gasteiger charge is -2.19. The topological polar surface area (TPSA) is 75.6 Å². The average molecular weight is 313 g/mol. The zero-order chi connectivity index (χ0) is 15.5. The summed E-state index contributed by atoms with van der Waals surface area (Å²) in [6.07, 6.45) is 1.95. The molecule has 0 aromatic heterocycles. The van der Waals surface area contributed by atoms with E-state index in [-0.39, 0.29) is 24.2 Å². The van der Waals surface area contributed by atoms with E-state index in [1.165, 1.54) is 12.1 Å². The Balaban J connectivity index is 2.05. The quantitative estimate of drug-likeness (QED) is 0.839. The van der Waals surface area contributed by atoms with Crippen LogP contribution in [-0.2, 0) is 10.0 Å². The molecule has 0 aliphatic heterocycles. The highest BCUT2D eigenvalue weighted by Gasteiger charge is 2.32. The van der Waals surface area contributed by atoms with Crippen molar-refractivity contribution in [3.63, 3.8) is 0 Å². The van der Waals surface area contributed by atoms with Crippen LogP contribution in [0.3, 0.4) is 0 Å². The third kappa shape index (κ3) is 3.96. The zero-order valence-electron chi connectivity index (χ0n) is 12.5. The van der Waals surface area contributed by atoms with Crippen molar-refractivity contribution in [2.75, 3.05) is 13.2 Å². The zero-order valence-corrected chi connectivity index (χ0v) is 13.3. The van der Waals surface area contributed by atoms with Crippen LogP contribution < -0.4 is 9.46 Å². The lowest BCUT2D eigenvalue weighted by Crippen LogP contribution is -2.37. The van der Waals surface area contributed by atoms with Crippen LogP contribution in [0.1, 0.15) is 26.7 Å². The number of rotatable bonds is 6. The second-order valence-electron chi connectivity index (χ2n) is 5.69. The molecule has 1 aliphatic rings. The minimum absolute atomic E-state index is 0.00955. The maximum absolute atomic E-state index is 12.4. The normalized spacial score (nSPS) is 26.0. The lowest BCUT2D eigenvalue weighted by atomic mass is 9.98. The summed E-state index contributed by atoms with van der Waals surface area (Å²) in [5.74, 6) is 1.45. The summed E-state index contributed by atoms with van der Waals surface area (Å²) in [5.41, 5.74) is 0. The molecule has 0 heterocycles.